The van der Waals surface area contributed by atoms with Crippen LogP contribution in [0, 0.1) is 10.5 Å². The molecule has 0 aliphatic carbocycles. The molecule has 2 aromatic carbocycles. The number of esters is 1. The third-order valence-electron chi connectivity index (χ3n) is 3.27. The van der Waals surface area contributed by atoms with E-state index in [1.807, 2.05) is 22.6 Å². The zero-order valence-corrected chi connectivity index (χ0v) is 16.3. The van der Waals surface area contributed by atoms with E-state index >= 15 is 0 Å². The van der Waals surface area contributed by atoms with Crippen molar-refractivity contribution in [2.24, 2.45) is 0 Å². The van der Waals surface area contributed by atoms with Crippen molar-refractivity contribution in [3.05, 3.63) is 50.1 Å². The van der Waals surface area contributed by atoms with Crippen LogP contribution in [0.4, 0.5) is 5.69 Å². The smallest absolute Gasteiger partial charge is 0.342 e. The minimum atomic E-state index is -0.787. The highest BCUT2D eigenvalue weighted by molar-refractivity contribution is 14.1. The topological polar surface area (TPSA) is 84.9 Å². The van der Waals surface area contributed by atoms with Crippen molar-refractivity contribution >= 4 is 51.8 Å². The number of hydrogen-bond donors (Lipinski definition) is 2. The Morgan fingerprint density at radius 3 is 2.68 bits per heavy atom. The molecular weight excluding hydrogens is 461 g/mol. The van der Waals surface area contributed by atoms with Crippen LogP contribution < -0.4 is 10.1 Å². The van der Waals surface area contributed by atoms with Gasteiger partial charge in [0.1, 0.15) is 17.1 Å². The van der Waals surface area contributed by atoms with Gasteiger partial charge in [0.05, 0.1) is 12.8 Å². The zero-order valence-electron chi connectivity index (χ0n) is 13.4. The second-order valence-electron chi connectivity index (χ2n) is 5.09. The van der Waals surface area contributed by atoms with E-state index in [0.717, 1.165) is 9.13 Å². The third kappa shape index (κ3) is 4.99. The molecule has 6 nitrogen and oxygen atoms in total. The first kappa shape index (κ1) is 19.3. The summed E-state index contributed by atoms with van der Waals surface area (Å²) < 4.78 is 10.9. The number of amides is 1. The van der Waals surface area contributed by atoms with Gasteiger partial charge < -0.3 is 19.9 Å². The highest BCUT2D eigenvalue weighted by Gasteiger charge is 2.16. The van der Waals surface area contributed by atoms with Gasteiger partial charge in [0.25, 0.3) is 5.91 Å². The first-order valence-corrected chi connectivity index (χ1v) is 8.57. The number of aryl methyl sites for hydroxylation is 1. The minimum Gasteiger partial charge on any atom is -0.507 e. The quantitative estimate of drug-likeness (QED) is 0.508. The van der Waals surface area contributed by atoms with Crippen molar-refractivity contribution < 1.29 is 24.2 Å². The molecule has 0 heterocycles. The van der Waals surface area contributed by atoms with E-state index < -0.39 is 18.5 Å². The average Bonchev–Trinajstić information content (AvgIpc) is 2.57. The van der Waals surface area contributed by atoms with Gasteiger partial charge in [-0.2, -0.15) is 0 Å². The van der Waals surface area contributed by atoms with Crippen molar-refractivity contribution in [2.75, 3.05) is 19.0 Å². The van der Waals surface area contributed by atoms with Gasteiger partial charge in [0, 0.05) is 14.7 Å². The second kappa shape index (κ2) is 8.39. The molecule has 0 aliphatic rings. The fraction of sp³-hybridized carbons (Fsp3) is 0.176. The van der Waals surface area contributed by atoms with Crippen LogP contribution in [-0.4, -0.2) is 30.7 Å². The lowest BCUT2D eigenvalue weighted by Gasteiger charge is -2.12. The van der Waals surface area contributed by atoms with Crippen molar-refractivity contribution in [1.29, 1.82) is 0 Å². The Morgan fingerprint density at radius 1 is 1.28 bits per heavy atom. The number of nitrogens with one attached hydrogen (secondary N) is 1. The molecule has 2 N–H and O–H groups in total. The molecule has 0 bridgehead atoms. The van der Waals surface area contributed by atoms with Crippen LogP contribution in [0.1, 0.15) is 15.9 Å². The first-order valence-electron chi connectivity index (χ1n) is 7.11. The van der Waals surface area contributed by atoms with Gasteiger partial charge in [-0.1, -0.05) is 11.6 Å². The number of rotatable bonds is 5. The third-order valence-corrected chi connectivity index (χ3v) is 4.35. The van der Waals surface area contributed by atoms with E-state index in [9.17, 15) is 14.7 Å². The summed E-state index contributed by atoms with van der Waals surface area (Å²) in [7, 11) is 1.45. The number of carbonyl (C=O) groups excluding carboxylic acids is 2. The molecule has 0 saturated carbocycles. The van der Waals surface area contributed by atoms with E-state index in [1.165, 1.54) is 19.2 Å². The number of benzene rings is 2. The van der Waals surface area contributed by atoms with E-state index in [4.69, 9.17) is 21.1 Å². The summed E-state index contributed by atoms with van der Waals surface area (Å²) >= 11 is 8.02. The number of halogens is 2. The van der Waals surface area contributed by atoms with Crippen LogP contribution in [0.25, 0.3) is 0 Å². The highest BCUT2D eigenvalue weighted by Crippen LogP contribution is 2.30. The Hall–Kier alpha value is -2.00. The van der Waals surface area contributed by atoms with Gasteiger partial charge in [-0.15, -0.1) is 0 Å². The van der Waals surface area contributed by atoms with Crippen molar-refractivity contribution in [3.8, 4) is 11.5 Å². The number of phenols is 1. The summed E-state index contributed by atoms with van der Waals surface area (Å²) in [5.74, 6) is -1.14. The van der Waals surface area contributed by atoms with E-state index in [0.29, 0.717) is 16.5 Å². The maximum absolute atomic E-state index is 12.0. The standard InChI is InChI=1S/C17H15ClINO5/c1-9-5-13(15(24-2)7-12(9)18)20-16(22)8-25-17(23)11-6-10(19)3-4-14(11)21/h3-7,21H,8H2,1-2H3,(H,20,22). The lowest BCUT2D eigenvalue weighted by atomic mass is 10.2. The number of ether oxygens (including phenoxy) is 2. The monoisotopic (exact) mass is 475 g/mol. The van der Waals surface area contributed by atoms with Crippen LogP contribution in [0.15, 0.2) is 30.3 Å². The van der Waals surface area contributed by atoms with Gasteiger partial charge in [-0.3, -0.25) is 4.79 Å². The van der Waals surface area contributed by atoms with Gasteiger partial charge in [-0.05, 0) is 59.3 Å². The molecule has 0 unspecified atom stereocenters. The summed E-state index contributed by atoms with van der Waals surface area (Å²) in [6.45, 7) is 1.28. The Bertz CT molecular complexity index is 825. The lowest BCUT2D eigenvalue weighted by molar-refractivity contribution is -0.119. The first-order chi connectivity index (χ1) is 11.8. The summed E-state index contributed by atoms with van der Waals surface area (Å²) in [6.07, 6.45) is 0. The fourth-order valence-electron chi connectivity index (χ4n) is 2.00. The van der Waals surface area contributed by atoms with Crippen LogP contribution in [0.2, 0.25) is 5.02 Å². The van der Waals surface area contributed by atoms with Gasteiger partial charge in [-0.25, -0.2) is 4.79 Å². The number of phenolic OH excluding ortho intramolecular Hbond substituents is 1. The summed E-state index contributed by atoms with van der Waals surface area (Å²) in [4.78, 5) is 24.0. The Kier molecular flexibility index (Phi) is 6.49. The number of hydrogen-bond acceptors (Lipinski definition) is 5. The predicted molar refractivity (Wildman–Crippen MR) is 102 cm³/mol. The maximum Gasteiger partial charge on any atom is 0.342 e. The fourth-order valence-corrected chi connectivity index (χ4v) is 2.64. The largest absolute Gasteiger partial charge is 0.507 e. The molecule has 25 heavy (non-hydrogen) atoms. The molecule has 0 spiro atoms. The molecule has 1 amide bonds. The molecule has 0 saturated heterocycles. The van der Waals surface area contributed by atoms with E-state index in [1.54, 1.807) is 25.1 Å². The molecule has 0 fully saturated rings. The highest BCUT2D eigenvalue weighted by atomic mass is 127. The number of aromatic hydroxyl groups is 1. The predicted octanol–water partition coefficient (Wildman–Crippen LogP) is 3.76. The summed E-state index contributed by atoms with van der Waals surface area (Å²) in [6, 6.07) is 7.75. The molecule has 8 heteroatoms. The zero-order chi connectivity index (χ0) is 18.6. The maximum atomic E-state index is 12.0. The molecule has 2 rings (SSSR count). The van der Waals surface area contributed by atoms with Crippen molar-refractivity contribution in [2.45, 2.75) is 6.92 Å². The van der Waals surface area contributed by atoms with Gasteiger partial charge >= 0.3 is 5.97 Å². The Labute approximate surface area is 163 Å². The van der Waals surface area contributed by atoms with Crippen molar-refractivity contribution in [3.63, 3.8) is 0 Å². The number of carbonyl (C=O) groups is 2. The molecular formula is C17H15ClINO5. The summed E-state index contributed by atoms with van der Waals surface area (Å²) in [5, 5.41) is 12.8. The Balaban J connectivity index is 2.03. The number of anilines is 1. The normalized spacial score (nSPS) is 10.2. The Morgan fingerprint density at radius 2 is 2.00 bits per heavy atom. The molecule has 132 valence electrons. The lowest BCUT2D eigenvalue weighted by Crippen LogP contribution is -2.21. The second-order valence-corrected chi connectivity index (χ2v) is 6.74. The number of methoxy groups -OCH3 is 1. The molecule has 0 aromatic heterocycles. The summed E-state index contributed by atoms with van der Waals surface area (Å²) in [5.41, 5.74) is 1.18. The molecule has 0 aliphatic heterocycles. The van der Waals surface area contributed by atoms with Crippen molar-refractivity contribution in [1.82, 2.24) is 0 Å². The minimum absolute atomic E-state index is 0.000354. The van der Waals surface area contributed by atoms with Gasteiger partial charge in [0.2, 0.25) is 0 Å². The van der Waals surface area contributed by atoms with Crippen LogP contribution in [-0.2, 0) is 9.53 Å². The van der Waals surface area contributed by atoms with Crippen LogP contribution in [0.3, 0.4) is 0 Å². The van der Waals surface area contributed by atoms with Crippen LogP contribution in [0.5, 0.6) is 11.5 Å². The molecule has 0 atom stereocenters. The van der Waals surface area contributed by atoms with E-state index in [-0.39, 0.29) is 11.3 Å². The van der Waals surface area contributed by atoms with Gasteiger partial charge in [0.15, 0.2) is 6.61 Å². The average molecular weight is 476 g/mol. The SMILES string of the molecule is COc1cc(Cl)c(C)cc1NC(=O)COC(=O)c1cc(I)ccc1O. The van der Waals surface area contributed by atoms with E-state index in [2.05, 4.69) is 5.32 Å². The van der Waals surface area contributed by atoms with Crippen LogP contribution >= 0.6 is 34.2 Å². The molecule has 2 aromatic rings. The molecule has 0 radical (unpaired) electrons.